The molecule has 1 aromatic heterocycles. The van der Waals surface area contributed by atoms with Crippen LogP contribution in [0.1, 0.15) is 32.6 Å². The maximum Gasteiger partial charge on any atom is 0.226 e. The van der Waals surface area contributed by atoms with Crippen LogP contribution >= 0.6 is 0 Å². The molecule has 0 amide bonds. The van der Waals surface area contributed by atoms with Gasteiger partial charge in [0.15, 0.2) is 0 Å². The van der Waals surface area contributed by atoms with E-state index in [1.807, 2.05) is 0 Å². The molecule has 18 heavy (non-hydrogen) atoms. The monoisotopic (exact) mass is 251 g/mol. The molecule has 1 unspecified atom stereocenters. The number of nitrogens with zero attached hydrogens (tertiary/aromatic N) is 2. The first-order valence-corrected chi connectivity index (χ1v) is 6.70. The number of hydrogen-bond acceptors (Lipinski definition) is 5. The molecule has 0 spiro atoms. The summed E-state index contributed by atoms with van der Waals surface area (Å²) in [5.74, 6) is 1.23. The summed E-state index contributed by atoms with van der Waals surface area (Å²) in [6.45, 7) is 4.38. The summed E-state index contributed by atoms with van der Waals surface area (Å²) in [6.07, 6.45) is 6.49. The lowest BCUT2D eigenvalue weighted by atomic mass is 10.1. The van der Waals surface area contributed by atoms with E-state index < -0.39 is 0 Å². The van der Waals surface area contributed by atoms with Gasteiger partial charge in [-0.2, -0.15) is 4.98 Å². The molecule has 1 aromatic rings. The van der Waals surface area contributed by atoms with Crippen molar-refractivity contribution < 1.29 is 9.47 Å². The van der Waals surface area contributed by atoms with Crippen LogP contribution in [0.4, 0.5) is 5.95 Å². The van der Waals surface area contributed by atoms with Crippen LogP contribution < -0.4 is 10.1 Å². The van der Waals surface area contributed by atoms with Crippen LogP contribution in [0.25, 0.3) is 0 Å². The van der Waals surface area contributed by atoms with Gasteiger partial charge >= 0.3 is 0 Å². The van der Waals surface area contributed by atoms with Gasteiger partial charge in [-0.15, -0.1) is 0 Å². The second kappa shape index (κ2) is 7.16. The van der Waals surface area contributed by atoms with Gasteiger partial charge < -0.3 is 14.8 Å². The lowest BCUT2D eigenvalue weighted by Gasteiger charge is -2.22. The highest BCUT2D eigenvalue weighted by molar-refractivity contribution is 5.27. The molecule has 2 heterocycles. The summed E-state index contributed by atoms with van der Waals surface area (Å²) in [7, 11) is 0. The second-order valence-electron chi connectivity index (χ2n) is 4.44. The van der Waals surface area contributed by atoms with Crippen molar-refractivity contribution >= 4 is 5.95 Å². The Morgan fingerprint density at radius 3 is 3.22 bits per heavy atom. The normalized spacial score (nSPS) is 19.5. The first-order chi connectivity index (χ1) is 8.88. The molecule has 2 rings (SSSR count). The fourth-order valence-electron chi connectivity index (χ4n) is 1.89. The predicted octanol–water partition coefficient (Wildman–Crippen LogP) is 2.25. The zero-order valence-electron chi connectivity index (χ0n) is 10.9. The third-order valence-electron chi connectivity index (χ3n) is 2.85. The molecule has 1 N–H and O–H groups in total. The summed E-state index contributed by atoms with van der Waals surface area (Å²) in [6, 6.07) is 1.78. The van der Waals surface area contributed by atoms with Gasteiger partial charge in [-0.1, -0.05) is 6.92 Å². The van der Waals surface area contributed by atoms with Crippen molar-refractivity contribution in [1.29, 1.82) is 0 Å². The average molecular weight is 251 g/mol. The Morgan fingerprint density at radius 1 is 1.50 bits per heavy atom. The maximum atomic E-state index is 5.65. The minimum absolute atomic E-state index is 0.280. The van der Waals surface area contributed by atoms with Crippen LogP contribution in [0, 0.1) is 0 Å². The van der Waals surface area contributed by atoms with Crippen molar-refractivity contribution in [1.82, 2.24) is 9.97 Å². The molecule has 0 radical (unpaired) electrons. The highest BCUT2D eigenvalue weighted by Crippen LogP contribution is 2.14. The van der Waals surface area contributed by atoms with Gasteiger partial charge in [0.25, 0.3) is 0 Å². The van der Waals surface area contributed by atoms with E-state index in [-0.39, 0.29) is 6.10 Å². The van der Waals surface area contributed by atoms with Crippen molar-refractivity contribution in [2.75, 3.05) is 25.1 Å². The lowest BCUT2D eigenvalue weighted by Crippen LogP contribution is -2.27. The van der Waals surface area contributed by atoms with E-state index in [9.17, 15) is 0 Å². The number of hydrogen-bond donors (Lipinski definition) is 1. The molecule has 100 valence electrons. The molecule has 5 heteroatoms. The number of ether oxygens (including phenoxy) is 2. The maximum absolute atomic E-state index is 5.65. The zero-order chi connectivity index (χ0) is 12.6. The number of nitrogens with one attached hydrogen (secondary N) is 1. The van der Waals surface area contributed by atoms with Gasteiger partial charge in [-0.25, -0.2) is 4.98 Å². The number of rotatable bonds is 6. The van der Waals surface area contributed by atoms with E-state index >= 15 is 0 Å². The third kappa shape index (κ3) is 4.14. The van der Waals surface area contributed by atoms with E-state index in [4.69, 9.17) is 9.47 Å². The van der Waals surface area contributed by atoms with Crippen LogP contribution in [-0.2, 0) is 4.74 Å². The summed E-state index contributed by atoms with van der Waals surface area (Å²) >= 11 is 0. The van der Waals surface area contributed by atoms with Gasteiger partial charge in [0.1, 0.15) is 0 Å². The first-order valence-electron chi connectivity index (χ1n) is 6.70. The Labute approximate surface area is 108 Å². The Hall–Kier alpha value is -1.36. The Morgan fingerprint density at radius 2 is 2.44 bits per heavy atom. The minimum atomic E-state index is 0.280. The molecule has 5 nitrogen and oxygen atoms in total. The van der Waals surface area contributed by atoms with Crippen LogP contribution in [0.5, 0.6) is 5.88 Å². The van der Waals surface area contributed by atoms with Gasteiger partial charge in [0.2, 0.25) is 11.8 Å². The first kappa shape index (κ1) is 13.1. The molecule has 0 bridgehead atoms. The van der Waals surface area contributed by atoms with E-state index in [0.29, 0.717) is 18.4 Å². The van der Waals surface area contributed by atoms with E-state index in [1.165, 1.54) is 12.8 Å². The van der Waals surface area contributed by atoms with Gasteiger partial charge in [-0.05, 0) is 25.7 Å². The fraction of sp³-hybridized carbons (Fsp3) is 0.692. The molecule has 1 saturated heterocycles. The van der Waals surface area contributed by atoms with Crippen LogP contribution in [0.2, 0.25) is 0 Å². The zero-order valence-corrected chi connectivity index (χ0v) is 10.9. The lowest BCUT2D eigenvalue weighted by molar-refractivity contribution is 0.0246. The number of anilines is 1. The van der Waals surface area contributed by atoms with Crippen LogP contribution in [-0.4, -0.2) is 35.8 Å². The van der Waals surface area contributed by atoms with Crippen LogP contribution in [0.3, 0.4) is 0 Å². The van der Waals surface area contributed by atoms with E-state index in [2.05, 4.69) is 22.2 Å². The molecule has 1 fully saturated rings. The van der Waals surface area contributed by atoms with Crippen molar-refractivity contribution in [2.45, 2.75) is 38.7 Å². The topological polar surface area (TPSA) is 56.3 Å². The predicted molar refractivity (Wildman–Crippen MR) is 69.9 cm³/mol. The molecule has 1 aliphatic rings. The van der Waals surface area contributed by atoms with Crippen LogP contribution in [0.15, 0.2) is 12.3 Å². The smallest absolute Gasteiger partial charge is 0.226 e. The van der Waals surface area contributed by atoms with E-state index in [1.54, 1.807) is 12.3 Å². The third-order valence-corrected chi connectivity index (χ3v) is 2.85. The minimum Gasteiger partial charge on any atom is -0.478 e. The quantitative estimate of drug-likeness (QED) is 0.840. The van der Waals surface area contributed by atoms with Crippen molar-refractivity contribution in [3.05, 3.63) is 12.3 Å². The molecule has 0 aromatic carbocycles. The summed E-state index contributed by atoms with van der Waals surface area (Å²) in [5, 5.41) is 3.20. The molecule has 0 saturated carbocycles. The molecular formula is C13H21N3O2. The van der Waals surface area contributed by atoms with Gasteiger partial charge in [-0.3, -0.25) is 0 Å². The van der Waals surface area contributed by atoms with Crippen molar-refractivity contribution in [3.63, 3.8) is 0 Å². The Kier molecular flexibility index (Phi) is 5.20. The largest absolute Gasteiger partial charge is 0.478 e. The number of aromatic nitrogens is 2. The average Bonchev–Trinajstić information content (AvgIpc) is 2.44. The molecule has 0 aliphatic carbocycles. The SMILES string of the molecule is CCCOc1ccnc(NCC2CCCCO2)n1. The highest BCUT2D eigenvalue weighted by Gasteiger charge is 2.13. The highest BCUT2D eigenvalue weighted by atomic mass is 16.5. The Bertz CT molecular complexity index is 354. The van der Waals surface area contributed by atoms with Gasteiger partial charge in [0.05, 0.1) is 12.7 Å². The second-order valence-corrected chi connectivity index (χ2v) is 4.44. The summed E-state index contributed by atoms with van der Waals surface area (Å²) in [5.41, 5.74) is 0. The molecular weight excluding hydrogens is 230 g/mol. The fourth-order valence-corrected chi connectivity index (χ4v) is 1.89. The van der Waals surface area contributed by atoms with Crippen molar-refractivity contribution in [2.24, 2.45) is 0 Å². The summed E-state index contributed by atoms with van der Waals surface area (Å²) in [4.78, 5) is 8.47. The van der Waals surface area contributed by atoms with Gasteiger partial charge in [0, 0.05) is 25.4 Å². The Balaban J connectivity index is 1.80. The van der Waals surface area contributed by atoms with E-state index in [0.717, 1.165) is 26.0 Å². The summed E-state index contributed by atoms with van der Waals surface area (Å²) < 4.78 is 11.1. The molecule has 1 aliphatic heterocycles. The van der Waals surface area contributed by atoms with Crippen molar-refractivity contribution in [3.8, 4) is 5.88 Å². The molecule has 1 atom stereocenters. The standard InChI is InChI=1S/C13H21N3O2/c1-2-8-18-12-6-7-14-13(16-12)15-10-11-5-3-4-9-17-11/h6-7,11H,2-5,8-10H2,1H3,(H,14,15,16).